The zero-order valence-corrected chi connectivity index (χ0v) is 16.9. The van der Waals surface area contributed by atoms with Crippen molar-refractivity contribution in [3.05, 3.63) is 82.0 Å². The summed E-state index contributed by atoms with van der Waals surface area (Å²) in [6.45, 7) is -0.223. The molecule has 0 aliphatic rings. The van der Waals surface area contributed by atoms with Gasteiger partial charge in [0, 0.05) is 23.7 Å². The maximum Gasteiger partial charge on any atom is 0.275 e. The van der Waals surface area contributed by atoms with Crippen molar-refractivity contribution >= 4 is 39.6 Å². The minimum Gasteiger partial charge on any atom is -0.355 e. The quantitative estimate of drug-likeness (QED) is 0.521. The molecule has 2 aromatic carbocycles. The Kier molecular flexibility index (Phi) is 5.40. The molecule has 8 heteroatoms. The van der Waals surface area contributed by atoms with Gasteiger partial charge in [-0.05, 0) is 41.8 Å². The van der Waals surface area contributed by atoms with Crippen LogP contribution in [-0.4, -0.2) is 28.6 Å². The van der Waals surface area contributed by atoms with Crippen LogP contribution >= 0.6 is 11.3 Å². The average molecular weight is 418 g/mol. The lowest BCUT2D eigenvalue weighted by Crippen LogP contribution is -2.30. The number of carbonyl (C=O) groups excluding carboxylic acids is 2. The van der Waals surface area contributed by atoms with Crippen LogP contribution in [0.5, 0.6) is 0 Å². The van der Waals surface area contributed by atoms with E-state index in [4.69, 9.17) is 0 Å². The van der Waals surface area contributed by atoms with E-state index in [-0.39, 0.29) is 23.9 Å². The van der Waals surface area contributed by atoms with Crippen molar-refractivity contribution in [3.8, 4) is 10.6 Å². The maximum absolute atomic E-state index is 12.9. The third-order valence-electron chi connectivity index (χ3n) is 4.57. The van der Waals surface area contributed by atoms with Crippen LogP contribution in [0.1, 0.15) is 10.4 Å². The van der Waals surface area contributed by atoms with Gasteiger partial charge < -0.3 is 10.6 Å². The number of amides is 2. The molecule has 0 spiro atoms. The Hall–Kier alpha value is -3.78. The Balaban J connectivity index is 1.62. The molecule has 30 heavy (non-hydrogen) atoms. The predicted molar refractivity (Wildman–Crippen MR) is 118 cm³/mol. The van der Waals surface area contributed by atoms with E-state index in [1.54, 1.807) is 43.4 Å². The zero-order valence-electron chi connectivity index (χ0n) is 16.1. The van der Waals surface area contributed by atoms with Gasteiger partial charge in [-0.1, -0.05) is 24.3 Å². The van der Waals surface area contributed by atoms with Crippen molar-refractivity contribution in [1.29, 1.82) is 0 Å². The van der Waals surface area contributed by atoms with Gasteiger partial charge in [-0.2, -0.15) is 5.10 Å². The fraction of sp³-hybridized carbons (Fsp3) is 0.0909. The summed E-state index contributed by atoms with van der Waals surface area (Å²) < 4.78 is 1.19. The number of nitrogens with one attached hydrogen (secondary N) is 2. The summed E-state index contributed by atoms with van der Waals surface area (Å²) in [4.78, 5) is 38.0. The number of nitrogens with zero attached hydrogens (tertiary/aromatic N) is 2. The number of aromatic nitrogens is 2. The van der Waals surface area contributed by atoms with Gasteiger partial charge >= 0.3 is 0 Å². The highest BCUT2D eigenvalue weighted by molar-refractivity contribution is 7.13. The first-order valence-corrected chi connectivity index (χ1v) is 10.1. The molecule has 0 atom stereocenters. The van der Waals surface area contributed by atoms with Crippen molar-refractivity contribution in [1.82, 2.24) is 15.1 Å². The van der Waals surface area contributed by atoms with Crippen LogP contribution in [0.4, 0.5) is 5.69 Å². The molecule has 0 radical (unpaired) electrons. The number of thiophene rings is 1. The third kappa shape index (κ3) is 3.85. The zero-order chi connectivity index (χ0) is 21.1. The molecule has 0 saturated carbocycles. The standard InChI is InChI=1S/C22H18N4O3S/c1-23-21(28)14-8-10-15(11-9-14)24-19(27)13-26-22(29)17-6-3-2-5-16(17)20(25-26)18-7-4-12-30-18/h2-12H,13H2,1H3,(H,23,28)(H,24,27). The van der Waals surface area contributed by atoms with Gasteiger partial charge in [-0.25, -0.2) is 4.68 Å². The lowest BCUT2D eigenvalue weighted by Gasteiger charge is -2.11. The second-order valence-electron chi connectivity index (χ2n) is 6.54. The largest absolute Gasteiger partial charge is 0.355 e. The smallest absolute Gasteiger partial charge is 0.275 e. The van der Waals surface area contributed by atoms with E-state index in [2.05, 4.69) is 15.7 Å². The van der Waals surface area contributed by atoms with Crippen molar-refractivity contribution < 1.29 is 9.59 Å². The van der Waals surface area contributed by atoms with Gasteiger partial charge in [-0.15, -0.1) is 11.3 Å². The highest BCUT2D eigenvalue weighted by atomic mass is 32.1. The first kappa shape index (κ1) is 19.5. The van der Waals surface area contributed by atoms with E-state index in [9.17, 15) is 14.4 Å². The number of anilines is 1. The molecule has 150 valence electrons. The summed E-state index contributed by atoms with van der Waals surface area (Å²) in [6.07, 6.45) is 0. The van der Waals surface area contributed by atoms with Crippen LogP contribution in [0.2, 0.25) is 0 Å². The van der Waals surface area contributed by atoms with Crippen molar-refractivity contribution in [3.63, 3.8) is 0 Å². The van der Waals surface area contributed by atoms with Gasteiger partial charge in [0.2, 0.25) is 5.91 Å². The average Bonchev–Trinajstić information content (AvgIpc) is 3.30. The normalized spacial score (nSPS) is 10.7. The molecule has 0 unspecified atom stereocenters. The Labute approximate surface area is 176 Å². The number of hydrogen-bond donors (Lipinski definition) is 2. The topological polar surface area (TPSA) is 93.1 Å². The molecule has 2 heterocycles. The number of fused-ring (bicyclic) bond motifs is 1. The van der Waals surface area contributed by atoms with Gasteiger partial charge in [0.15, 0.2) is 0 Å². The van der Waals surface area contributed by atoms with Crippen LogP contribution in [0, 0.1) is 0 Å². The number of hydrogen-bond acceptors (Lipinski definition) is 5. The Bertz CT molecular complexity index is 1280. The first-order valence-electron chi connectivity index (χ1n) is 9.22. The molecular formula is C22H18N4O3S. The molecule has 0 bridgehead atoms. The Morgan fingerprint density at radius 3 is 2.40 bits per heavy atom. The van der Waals surface area contributed by atoms with Crippen molar-refractivity contribution in [2.75, 3.05) is 12.4 Å². The highest BCUT2D eigenvalue weighted by Gasteiger charge is 2.15. The summed E-state index contributed by atoms with van der Waals surface area (Å²) in [5.74, 6) is -0.592. The summed E-state index contributed by atoms with van der Waals surface area (Å²) in [5.41, 5.74) is 1.36. The van der Waals surface area contributed by atoms with Crippen LogP contribution in [0.3, 0.4) is 0 Å². The Morgan fingerprint density at radius 1 is 1.00 bits per heavy atom. The van der Waals surface area contributed by atoms with E-state index in [1.165, 1.54) is 16.0 Å². The van der Waals surface area contributed by atoms with Crippen molar-refractivity contribution in [2.45, 2.75) is 6.54 Å². The number of benzene rings is 2. The van der Waals surface area contributed by atoms with Gasteiger partial charge in [0.1, 0.15) is 12.2 Å². The second-order valence-corrected chi connectivity index (χ2v) is 7.49. The lowest BCUT2D eigenvalue weighted by atomic mass is 10.1. The summed E-state index contributed by atoms with van der Waals surface area (Å²) in [7, 11) is 1.55. The van der Waals surface area contributed by atoms with E-state index < -0.39 is 0 Å². The molecule has 0 fully saturated rings. The van der Waals surface area contributed by atoms with Gasteiger partial charge in [0.25, 0.3) is 11.5 Å². The minimum absolute atomic E-state index is 0.208. The molecular weight excluding hydrogens is 400 g/mol. The van der Waals surface area contributed by atoms with E-state index >= 15 is 0 Å². The lowest BCUT2D eigenvalue weighted by molar-refractivity contribution is -0.117. The van der Waals surface area contributed by atoms with E-state index in [1.807, 2.05) is 29.6 Å². The number of rotatable bonds is 5. The van der Waals surface area contributed by atoms with Crippen LogP contribution in [0.15, 0.2) is 70.8 Å². The Morgan fingerprint density at radius 2 is 1.73 bits per heavy atom. The fourth-order valence-corrected chi connectivity index (χ4v) is 3.85. The van der Waals surface area contributed by atoms with E-state index in [0.29, 0.717) is 22.3 Å². The monoisotopic (exact) mass is 418 g/mol. The third-order valence-corrected chi connectivity index (χ3v) is 5.45. The molecule has 2 N–H and O–H groups in total. The summed E-state index contributed by atoms with van der Waals surface area (Å²) in [5, 5.41) is 13.0. The van der Waals surface area contributed by atoms with Gasteiger partial charge in [-0.3, -0.25) is 14.4 Å². The van der Waals surface area contributed by atoms with E-state index in [0.717, 1.165) is 10.3 Å². The fourth-order valence-electron chi connectivity index (χ4n) is 3.12. The SMILES string of the molecule is CNC(=O)c1ccc(NC(=O)Cn2nc(-c3cccs3)c3ccccc3c2=O)cc1. The summed E-state index contributed by atoms with van der Waals surface area (Å²) >= 11 is 1.52. The molecule has 2 aromatic heterocycles. The van der Waals surface area contributed by atoms with Gasteiger partial charge in [0.05, 0.1) is 10.3 Å². The molecule has 4 aromatic rings. The minimum atomic E-state index is -0.385. The van der Waals surface area contributed by atoms with Crippen molar-refractivity contribution in [2.24, 2.45) is 0 Å². The van der Waals surface area contributed by atoms with Crippen LogP contribution < -0.4 is 16.2 Å². The van der Waals surface area contributed by atoms with Crippen LogP contribution in [0.25, 0.3) is 21.3 Å². The second kappa shape index (κ2) is 8.30. The molecule has 0 saturated heterocycles. The molecule has 0 aliphatic carbocycles. The highest BCUT2D eigenvalue weighted by Crippen LogP contribution is 2.28. The molecule has 2 amide bonds. The molecule has 4 rings (SSSR count). The molecule has 7 nitrogen and oxygen atoms in total. The van der Waals surface area contributed by atoms with Crippen LogP contribution in [-0.2, 0) is 11.3 Å². The predicted octanol–water partition coefficient (Wildman–Crippen LogP) is 3.12. The first-order chi connectivity index (χ1) is 14.6. The maximum atomic E-state index is 12.9. The molecule has 0 aliphatic heterocycles. The summed E-state index contributed by atoms with van der Waals surface area (Å²) in [6, 6.07) is 17.6. The number of carbonyl (C=O) groups is 2.